The summed E-state index contributed by atoms with van der Waals surface area (Å²) in [5.41, 5.74) is 0.277. The molecule has 0 spiro atoms. The number of nitro groups is 1. The molecule has 0 N–H and O–H groups in total. The third-order valence-corrected chi connectivity index (χ3v) is 3.84. The van der Waals surface area contributed by atoms with E-state index in [0.717, 1.165) is 0 Å². The Morgan fingerprint density at radius 3 is 2.25 bits per heavy atom. The number of hydrogen-bond donors (Lipinski definition) is 0. The van der Waals surface area contributed by atoms with Gasteiger partial charge in [0.2, 0.25) is 5.75 Å². The summed E-state index contributed by atoms with van der Waals surface area (Å²) in [5.74, 6) is 0.274. The van der Waals surface area contributed by atoms with Crippen LogP contribution in [0.25, 0.3) is 0 Å². The number of carbonyl (C=O) groups excluding carboxylic acids is 1. The predicted molar refractivity (Wildman–Crippen MR) is 86.6 cm³/mol. The topological polar surface area (TPSA) is 97.1 Å². The van der Waals surface area contributed by atoms with Crippen LogP contribution in [0.2, 0.25) is 0 Å². The minimum absolute atomic E-state index is 0.111. The molecule has 0 amide bonds. The van der Waals surface area contributed by atoms with E-state index >= 15 is 0 Å². The van der Waals surface area contributed by atoms with Crippen molar-refractivity contribution in [1.29, 1.82) is 0 Å². The Morgan fingerprint density at radius 1 is 1.17 bits per heavy atom. The first-order chi connectivity index (χ1) is 11.4. The molecule has 8 nitrogen and oxygen atoms in total. The quantitative estimate of drug-likeness (QED) is 0.366. The fraction of sp³-hybridized carbons (Fsp3) is 0.562. The fourth-order valence-corrected chi connectivity index (χ4v) is 2.66. The first-order valence-electron chi connectivity index (χ1n) is 7.34. The maximum atomic E-state index is 11.3. The number of ether oxygens (including phenoxy) is 4. The zero-order valence-corrected chi connectivity index (χ0v) is 14.5. The Morgan fingerprint density at radius 2 is 1.83 bits per heavy atom. The summed E-state index contributed by atoms with van der Waals surface area (Å²) in [4.78, 5) is 21.8. The Kier molecular flexibility index (Phi) is 7.60. The smallest absolute Gasteiger partial charge is 0.315 e. The molecular formula is C16H23NO7. The summed E-state index contributed by atoms with van der Waals surface area (Å²) in [6.07, 6.45) is -0.00295. The lowest BCUT2D eigenvalue weighted by Crippen LogP contribution is -2.22. The van der Waals surface area contributed by atoms with Gasteiger partial charge in [-0.25, -0.2) is 0 Å². The molecule has 0 unspecified atom stereocenters. The summed E-state index contributed by atoms with van der Waals surface area (Å²) in [5, 5.41) is 11.3. The predicted octanol–water partition coefficient (Wildman–Crippen LogP) is 2.54. The average molecular weight is 341 g/mol. The molecule has 24 heavy (non-hydrogen) atoms. The van der Waals surface area contributed by atoms with E-state index in [9.17, 15) is 14.9 Å². The second-order valence-corrected chi connectivity index (χ2v) is 5.31. The highest BCUT2D eigenvalue weighted by Gasteiger charge is 2.30. The van der Waals surface area contributed by atoms with Crippen LogP contribution in [0.4, 0.5) is 5.69 Å². The van der Waals surface area contributed by atoms with Gasteiger partial charge in [0.25, 0.3) is 0 Å². The van der Waals surface area contributed by atoms with Crippen LogP contribution < -0.4 is 9.47 Å². The van der Waals surface area contributed by atoms with Crippen molar-refractivity contribution in [3.8, 4) is 11.5 Å². The fourth-order valence-electron chi connectivity index (χ4n) is 2.66. The number of nitro benzene ring substituents is 1. The SMILES string of the molecule is COc1cc([C@H](OC)[C@@H](C)C[C@@H](C=O)OC)c(OC)c([N+](=O)[O-])c1. The Bertz CT molecular complexity index is 576. The zero-order valence-electron chi connectivity index (χ0n) is 14.5. The number of hydrogen-bond acceptors (Lipinski definition) is 7. The highest BCUT2D eigenvalue weighted by Crippen LogP contribution is 2.42. The lowest BCUT2D eigenvalue weighted by molar-refractivity contribution is -0.385. The van der Waals surface area contributed by atoms with Crippen LogP contribution in [-0.4, -0.2) is 45.8 Å². The maximum absolute atomic E-state index is 11.3. The standard InChI is InChI=1S/C16H23NO7/c1-10(6-12(9-18)22-3)15(23-4)13-7-11(21-2)8-14(17(19)20)16(13)24-5/h7-10,12,15H,6H2,1-5H3/t10-,12-,15+/m0/s1. The van der Waals surface area contributed by atoms with Crippen LogP contribution in [0.1, 0.15) is 25.0 Å². The first kappa shape index (κ1) is 19.9. The molecule has 3 atom stereocenters. The summed E-state index contributed by atoms with van der Waals surface area (Å²) in [6, 6.07) is 2.93. The molecule has 1 aromatic rings. The number of rotatable bonds is 10. The van der Waals surface area contributed by atoms with E-state index in [1.807, 2.05) is 6.92 Å². The van der Waals surface area contributed by atoms with Crippen molar-refractivity contribution < 1.29 is 28.7 Å². The summed E-state index contributed by atoms with van der Waals surface area (Å²) >= 11 is 0. The van der Waals surface area contributed by atoms with Crippen LogP contribution in [0.3, 0.4) is 0 Å². The minimum Gasteiger partial charge on any atom is -0.496 e. The highest BCUT2D eigenvalue weighted by atomic mass is 16.6. The van der Waals surface area contributed by atoms with Crippen molar-refractivity contribution in [2.24, 2.45) is 5.92 Å². The Hall–Kier alpha value is -2.19. The van der Waals surface area contributed by atoms with Gasteiger partial charge in [-0.3, -0.25) is 10.1 Å². The van der Waals surface area contributed by atoms with E-state index in [-0.39, 0.29) is 17.4 Å². The van der Waals surface area contributed by atoms with Crippen molar-refractivity contribution in [2.75, 3.05) is 28.4 Å². The molecule has 0 aromatic heterocycles. The van der Waals surface area contributed by atoms with Gasteiger partial charge in [-0.2, -0.15) is 0 Å². The molecule has 134 valence electrons. The van der Waals surface area contributed by atoms with Gasteiger partial charge in [0.15, 0.2) is 0 Å². The number of nitrogens with zero attached hydrogens (tertiary/aromatic N) is 1. The van der Waals surface area contributed by atoms with Crippen LogP contribution >= 0.6 is 0 Å². The molecule has 0 heterocycles. The van der Waals surface area contributed by atoms with Crippen LogP contribution in [0.15, 0.2) is 12.1 Å². The van der Waals surface area contributed by atoms with Crippen molar-refractivity contribution in [3.05, 3.63) is 27.8 Å². The molecule has 0 fully saturated rings. The van der Waals surface area contributed by atoms with E-state index in [1.165, 1.54) is 34.5 Å². The molecule has 0 aliphatic carbocycles. The van der Waals surface area contributed by atoms with Gasteiger partial charge in [0, 0.05) is 19.8 Å². The zero-order chi connectivity index (χ0) is 18.3. The molecule has 0 radical (unpaired) electrons. The molecule has 1 aromatic carbocycles. The Balaban J connectivity index is 3.35. The monoisotopic (exact) mass is 341 g/mol. The molecule has 0 aliphatic rings. The van der Waals surface area contributed by atoms with Crippen molar-refractivity contribution in [2.45, 2.75) is 25.6 Å². The van der Waals surface area contributed by atoms with Crippen LogP contribution in [0.5, 0.6) is 11.5 Å². The van der Waals surface area contributed by atoms with E-state index in [0.29, 0.717) is 24.0 Å². The third-order valence-electron chi connectivity index (χ3n) is 3.84. The molecule has 0 aliphatic heterocycles. The average Bonchev–Trinajstić information content (AvgIpc) is 2.59. The number of benzene rings is 1. The summed E-state index contributed by atoms with van der Waals surface area (Å²) in [7, 11) is 5.73. The minimum atomic E-state index is -0.579. The lowest BCUT2D eigenvalue weighted by Gasteiger charge is -2.26. The molecule has 1 rings (SSSR count). The number of methoxy groups -OCH3 is 4. The molecular weight excluding hydrogens is 318 g/mol. The maximum Gasteiger partial charge on any atom is 0.315 e. The van der Waals surface area contributed by atoms with Gasteiger partial charge < -0.3 is 23.7 Å². The number of aldehydes is 1. The van der Waals surface area contributed by atoms with E-state index in [1.54, 1.807) is 6.07 Å². The molecule has 0 saturated heterocycles. The normalized spacial score (nSPS) is 14.5. The Labute approximate surface area is 140 Å². The van der Waals surface area contributed by atoms with Crippen molar-refractivity contribution in [3.63, 3.8) is 0 Å². The second-order valence-electron chi connectivity index (χ2n) is 5.31. The third kappa shape index (κ3) is 4.42. The molecule has 0 saturated carbocycles. The van der Waals surface area contributed by atoms with Gasteiger partial charge in [-0.15, -0.1) is 0 Å². The number of carbonyl (C=O) groups is 1. The van der Waals surface area contributed by atoms with Crippen LogP contribution in [-0.2, 0) is 14.3 Å². The highest BCUT2D eigenvalue weighted by molar-refractivity contribution is 5.58. The molecule has 0 bridgehead atoms. The van der Waals surface area contributed by atoms with Crippen LogP contribution in [0, 0.1) is 16.0 Å². The van der Waals surface area contributed by atoms with E-state index in [4.69, 9.17) is 18.9 Å². The second kappa shape index (κ2) is 9.19. The molecule has 8 heteroatoms. The van der Waals surface area contributed by atoms with Gasteiger partial charge in [0.1, 0.15) is 18.1 Å². The van der Waals surface area contributed by atoms with Gasteiger partial charge in [-0.1, -0.05) is 6.92 Å². The summed E-state index contributed by atoms with van der Waals surface area (Å²) < 4.78 is 21.0. The lowest BCUT2D eigenvalue weighted by atomic mass is 9.91. The van der Waals surface area contributed by atoms with E-state index in [2.05, 4.69) is 0 Å². The van der Waals surface area contributed by atoms with Gasteiger partial charge >= 0.3 is 5.69 Å². The van der Waals surface area contributed by atoms with Crippen molar-refractivity contribution in [1.82, 2.24) is 0 Å². The largest absolute Gasteiger partial charge is 0.496 e. The van der Waals surface area contributed by atoms with Crippen molar-refractivity contribution >= 4 is 12.0 Å². The summed E-state index contributed by atoms with van der Waals surface area (Å²) in [6.45, 7) is 1.87. The van der Waals surface area contributed by atoms with E-state index < -0.39 is 17.1 Å². The first-order valence-corrected chi connectivity index (χ1v) is 7.34. The van der Waals surface area contributed by atoms with Gasteiger partial charge in [0.05, 0.1) is 31.3 Å². The van der Waals surface area contributed by atoms with Gasteiger partial charge in [-0.05, 0) is 18.4 Å².